The SMILES string of the molecule is CC(=O)Nc1cccc(N(CC(=O)Nc2ccc(C)c(C)c2)C(C)=O)c1. The van der Waals surface area contributed by atoms with Crippen molar-refractivity contribution in [3.8, 4) is 0 Å². The Hall–Kier alpha value is -3.15. The third kappa shape index (κ3) is 5.17. The van der Waals surface area contributed by atoms with Gasteiger partial charge in [-0.2, -0.15) is 0 Å². The summed E-state index contributed by atoms with van der Waals surface area (Å²) in [5, 5.41) is 5.48. The number of nitrogens with one attached hydrogen (secondary N) is 2. The maximum atomic E-state index is 12.4. The fourth-order valence-electron chi connectivity index (χ4n) is 2.50. The second-order valence-corrected chi connectivity index (χ2v) is 6.18. The van der Waals surface area contributed by atoms with Crippen LogP contribution in [0.2, 0.25) is 0 Å². The van der Waals surface area contributed by atoms with Gasteiger partial charge in [-0.05, 0) is 55.3 Å². The van der Waals surface area contributed by atoms with Gasteiger partial charge in [0.25, 0.3) is 0 Å². The molecule has 0 fully saturated rings. The van der Waals surface area contributed by atoms with Crippen molar-refractivity contribution in [1.29, 1.82) is 0 Å². The molecule has 0 unspecified atom stereocenters. The second kappa shape index (κ2) is 8.29. The zero-order chi connectivity index (χ0) is 19.3. The molecular formula is C20H23N3O3. The predicted molar refractivity (Wildman–Crippen MR) is 103 cm³/mol. The second-order valence-electron chi connectivity index (χ2n) is 6.18. The van der Waals surface area contributed by atoms with Gasteiger partial charge in [0.1, 0.15) is 6.54 Å². The average Bonchev–Trinajstić information content (AvgIpc) is 2.55. The Labute approximate surface area is 153 Å². The summed E-state index contributed by atoms with van der Waals surface area (Å²) in [5.74, 6) is -0.766. The normalized spacial score (nSPS) is 10.2. The summed E-state index contributed by atoms with van der Waals surface area (Å²) in [5.41, 5.74) is 4.01. The predicted octanol–water partition coefficient (Wildman–Crippen LogP) is 3.25. The van der Waals surface area contributed by atoms with E-state index in [9.17, 15) is 14.4 Å². The molecule has 0 bridgehead atoms. The Kier molecular flexibility index (Phi) is 6.11. The van der Waals surface area contributed by atoms with Crippen LogP contribution in [0.25, 0.3) is 0 Å². The van der Waals surface area contributed by atoms with Gasteiger partial charge >= 0.3 is 0 Å². The summed E-state index contributed by atoms with van der Waals surface area (Å²) < 4.78 is 0. The van der Waals surface area contributed by atoms with Crippen LogP contribution in [0.3, 0.4) is 0 Å². The van der Waals surface area contributed by atoms with Crippen LogP contribution in [0.1, 0.15) is 25.0 Å². The van der Waals surface area contributed by atoms with Crippen molar-refractivity contribution in [2.75, 3.05) is 22.1 Å². The molecule has 26 heavy (non-hydrogen) atoms. The monoisotopic (exact) mass is 353 g/mol. The van der Waals surface area contributed by atoms with E-state index in [0.717, 1.165) is 11.1 Å². The van der Waals surface area contributed by atoms with Crippen LogP contribution in [-0.4, -0.2) is 24.3 Å². The molecule has 2 aromatic carbocycles. The zero-order valence-electron chi connectivity index (χ0n) is 15.4. The van der Waals surface area contributed by atoms with E-state index in [1.807, 2.05) is 32.0 Å². The van der Waals surface area contributed by atoms with Gasteiger partial charge in [-0.25, -0.2) is 0 Å². The smallest absolute Gasteiger partial charge is 0.244 e. The van der Waals surface area contributed by atoms with Crippen molar-refractivity contribution in [2.24, 2.45) is 0 Å². The van der Waals surface area contributed by atoms with Gasteiger partial charge in [0.2, 0.25) is 17.7 Å². The van der Waals surface area contributed by atoms with Crippen LogP contribution in [0.4, 0.5) is 17.1 Å². The first-order chi connectivity index (χ1) is 12.3. The molecule has 2 aromatic rings. The molecule has 2 N–H and O–H groups in total. The Morgan fingerprint density at radius 1 is 0.885 bits per heavy atom. The lowest BCUT2D eigenvalue weighted by molar-refractivity contribution is -0.120. The average molecular weight is 353 g/mol. The van der Waals surface area contributed by atoms with Crippen LogP contribution in [-0.2, 0) is 14.4 Å². The highest BCUT2D eigenvalue weighted by Crippen LogP contribution is 2.20. The molecule has 0 aliphatic rings. The number of carbonyl (C=O) groups excluding carboxylic acids is 3. The number of nitrogens with zero attached hydrogens (tertiary/aromatic N) is 1. The van der Waals surface area contributed by atoms with E-state index in [1.54, 1.807) is 24.3 Å². The molecule has 6 nitrogen and oxygen atoms in total. The minimum Gasteiger partial charge on any atom is -0.326 e. The van der Waals surface area contributed by atoms with Crippen molar-refractivity contribution in [2.45, 2.75) is 27.7 Å². The van der Waals surface area contributed by atoms with Crippen molar-refractivity contribution in [3.63, 3.8) is 0 Å². The number of rotatable bonds is 5. The van der Waals surface area contributed by atoms with Gasteiger partial charge in [-0.1, -0.05) is 12.1 Å². The number of carbonyl (C=O) groups is 3. The van der Waals surface area contributed by atoms with Gasteiger partial charge < -0.3 is 15.5 Å². The summed E-state index contributed by atoms with van der Waals surface area (Å²) in [6.07, 6.45) is 0. The minimum absolute atomic E-state index is 0.119. The first-order valence-electron chi connectivity index (χ1n) is 8.29. The van der Waals surface area contributed by atoms with E-state index in [-0.39, 0.29) is 24.3 Å². The number of benzene rings is 2. The lowest BCUT2D eigenvalue weighted by Crippen LogP contribution is -2.36. The van der Waals surface area contributed by atoms with Crippen LogP contribution in [0.5, 0.6) is 0 Å². The quantitative estimate of drug-likeness (QED) is 0.866. The van der Waals surface area contributed by atoms with Crippen molar-refractivity contribution >= 4 is 34.8 Å². The number of amides is 3. The first kappa shape index (κ1) is 19.2. The van der Waals surface area contributed by atoms with Gasteiger partial charge in [0, 0.05) is 30.9 Å². The molecule has 136 valence electrons. The fraction of sp³-hybridized carbons (Fsp3) is 0.250. The number of aryl methyl sites for hydroxylation is 2. The van der Waals surface area contributed by atoms with Gasteiger partial charge in [0.05, 0.1) is 0 Å². The van der Waals surface area contributed by atoms with Gasteiger partial charge in [-0.3, -0.25) is 14.4 Å². The Bertz CT molecular complexity index is 846. The third-order valence-corrected chi connectivity index (χ3v) is 3.95. The lowest BCUT2D eigenvalue weighted by Gasteiger charge is -2.21. The molecule has 0 aliphatic heterocycles. The van der Waals surface area contributed by atoms with E-state index < -0.39 is 0 Å². The Morgan fingerprint density at radius 3 is 2.19 bits per heavy atom. The van der Waals surface area contributed by atoms with E-state index in [1.165, 1.54) is 18.7 Å². The highest BCUT2D eigenvalue weighted by molar-refractivity contribution is 6.02. The van der Waals surface area contributed by atoms with Gasteiger partial charge in [0.15, 0.2) is 0 Å². The van der Waals surface area contributed by atoms with Crippen LogP contribution >= 0.6 is 0 Å². The molecule has 0 saturated heterocycles. The molecule has 2 rings (SSSR count). The molecule has 0 spiro atoms. The topological polar surface area (TPSA) is 78.5 Å². The molecule has 0 saturated carbocycles. The van der Waals surface area contributed by atoms with Gasteiger partial charge in [-0.15, -0.1) is 0 Å². The minimum atomic E-state index is -0.298. The van der Waals surface area contributed by atoms with E-state index >= 15 is 0 Å². The van der Waals surface area contributed by atoms with Crippen LogP contribution < -0.4 is 15.5 Å². The molecule has 0 radical (unpaired) electrons. The lowest BCUT2D eigenvalue weighted by atomic mass is 10.1. The maximum absolute atomic E-state index is 12.4. The number of hydrogen-bond donors (Lipinski definition) is 2. The largest absolute Gasteiger partial charge is 0.326 e. The molecule has 6 heteroatoms. The zero-order valence-corrected chi connectivity index (χ0v) is 15.4. The van der Waals surface area contributed by atoms with Crippen LogP contribution in [0, 0.1) is 13.8 Å². The number of hydrogen-bond acceptors (Lipinski definition) is 3. The molecule has 0 atom stereocenters. The first-order valence-corrected chi connectivity index (χ1v) is 8.29. The molecule has 0 heterocycles. The summed E-state index contributed by atoms with van der Waals surface area (Å²) >= 11 is 0. The van der Waals surface area contributed by atoms with E-state index in [4.69, 9.17) is 0 Å². The summed E-state index contributed by atoms with van der Waals surface area (Å²) in [6.45, 7) is 6.66. The van der Waals surface area contributed by atoms with Crippen molar-refractivity contribution in [3.05, 3.63) is 53.6 Å². The van der Waals surface area contributed by atoms with Crippen molar-refractivity contribution < 1.29 is 14.4 Å². The summed E-state index contributed by atoms with van der Waals surface area (Å²) in [6, 6.07) is 12.5. The molecule has 0 aromatic heterocycles. The highest BCUT2D eigenvalue weighted by atomic mass is 16.2. The van der Waals surface area contributed by atoms with E-state index in [2.05, 4.69) is 10.6 Å². The number of anilines is 3. The van der Waals surface area contributed by atoms with E-state index in [0.29, 0.717) is 17.1 Å². The highest BCUT2D eigenvalue weighted by Gasteiger charge is 2.16. The molecule has 3 amide bonds. The Morgan fingerprint density at radius 2 is 1.58 bits per heavy atom. The summed E-state index contributed by atoms with van der Waals surface area (Å²) in [4.78, 5) is 37.0. The molecule has 0 aliphatic carbocycles. The Balaban J connectivity index is 2.14. The third-order valence-electron chi connectivity index (χ3n) is 3.95. The standard InChI is InChI=1S/C20H23N3O3/c1-13-8-9-18(10-14(13)2)22-20(26)12-23(16(4)25)19-7-5-6-17(11-19)21-15(3)24/h5-11H,12H2,1-4H3,(H,21,24)(H,22,26). The molecular weight excluding hydrogens is 330 g/mol. The fourth-order valence-corrected chi connectivity index (χ4v) is 2.50. The van der Waals surface area contributed by atoms with Crippen molar-refractivity contribution in [1.82, 2.24) is 0 Å². The van der Waals surface area contributed by atoms with Crippen LogP contribution in [0.15, 0.2) is 42.5 Å². The maximum Gasteiger partial charge on any atom is 0.244 e. The summed E-state index contributed by atoms with van der Waals surface area (Å²) in [7, 11) is 0.